The average Bonchev–Trinajstić information content (AvgIpc) is 2.50. The first kappa shape index (κ1) is 16.8. The molecule has 0 aliphatic rings. The second-order valence-corrected chi connectivity index (χ2v) is 4.53. The van der Waals surface area contributed by atoms with Crippen molar-refractivity contribution in [2.45, 2.75) is 32.8 Å². The molecule has 0 unspecified atom stereocenters. The van der Waals surface area contributed by atoms with E-state index in [0.717, 1.165) is 18.4 Å². The smallest absolute Gasteiger partial charge is 0.407 e. The number of rotatable bonds is 8. The molecule has 0 saturated carbocycles. The van der Waals surface area contributed by atoms with Crippen LogP contribution in [0, 0.1) is 0 Å². The van der Waals surface area contributed by atoms with Gasteiger partial charge < -0.3 is 14.8 Å². The van der Waals surface area contributed by atoms with E-state index in [1.54, 1.807) is 0 Å². The Bertz CT molecular complexity index is 470. The van der Waals surface area contributed by atoms with E-state index in [1.165, 1.54) is 0 Å². The monoisotopic (exact) mass is 291 g/mol. The fourth-order valence-electron chi connectivity index (χ4n) is 1.54. The molecule has 1 aromatic carbocycles. The van der Waals surface area contributed by atoms with Crippen LogP contribution in [-0.4, -0.2) is 18.6 Å². The second kappa shape index (κ2) is 9.58. The minimum atomic E-state index is -0.657. The Morgan fingerprint density at radius 1 is 1.24 bits per heavy atom. The lowest BCUT2D eigenvalue weighted by Crippen LogP contribution is -2.30. The van der Waals surface area contributed by atoms with E-state index in [4.69, 9.17) is 9.47 Å². The summed E-state index contributed by atoms with van der Waals surface area (Å²) < 4.78 is 9.93. The SMILES string of the molecule is C=C(CCCC)OC(=O)CNC(=O)OCc1ccccc1. The Balaban J connectivity index is 2.17. The summed E-state index contributed by atoms with van der Waals surface area (Å²) in [6.45, 7) is 5.61. The van der Waals surface area contributed by atoms with E-state index in [0.29, 0.717) is 12.2 Å². The third-order valence-electron chi connectivity index (χ3n) is 2.66. The fourth-order valence-corrected chi connectivity index (χ4v) is 1.54. The molecule has 114 valence electrons. The highest BCUT2D eigenvalue weighted by Gasteiger charge is 2.09. The van der Waals surface area contributed by atoms with Crippen LogP contribution in [-0.2, 0) is 20.9 Å². The number of unbranched alkanes of at least 4 members (excludes halogenated alkanes) is 1. The normalized spacial score (nSPS) is 9.76. The molecule has 0 aromatic heterocycles. The minimum Gasteiger partial charge on any atom is -0.445 e. The van der Waals surface area contributed by atoms with Crippen LogP contribution in [0.25, 0.3) is 0 Å². The predicted octanol–water partition coefficient (Wildman–Crippen LogP) is 3.16. The largest absolute Gasteiger partial charge is 0.445 e. The summed E-state index contributed by atoms with van der Waals surface area (Å²) in [5.74, 6) is -0.130. The number of alkyl carbamates (subject to hydrolysis) is 1. The van der Waals surface area contributed by atoms with Crippen LogP contribution in [0.5, 0.6) is 0 Å². The van der Waals surface area contributed by atoms with Gasteiger partial charge in [-0.25, -0.2) is 9.59 Å². The summed E-state index contributed by atoms with van der Waals surface area (Å²) in [5, 5.41) is 2.34. The van der Waals surface area contributed by atoms with Crippen molar-refractivity contribution in [1.82, 2.24) is 5.32 Å². The quantitative estimate of drug-likeness (QED) is 0.590. The number of amides is 1. The Labute approximate surface area is 124 Å². The number of hydrogen-bond donors (Lipinski definition) is 1. The maximum Gasteiger partial charge on any atom is 0.407 e. The molecular formula is C16H21NO4. The number of carbonyl (C=O) groups excluding carboxylic acids is 2. The van der Waals surface area contributed by atoms with E-state index in [2.05, 4.69) is 11.9 Å². The van der Waals surface area contributed by atoms with Crippen molar-refractivity contribution in [3.8, 4) is 0 Å². The van der Waals surface area contributed by atoms with E-state index in [9.17, 15) is 9.59 Å². The Morgan fingerprint density at radius 2 is 1.95 bits per heavy atom. The molecule has 5 heteroatoms. The van der Waals surface area contributed by atoms with Crippen molar-refractivity contribution < 1.29 is 19.1 Å². The molecular weight excluding hydrogens is 270 g/mol. The lowest BCUT2D eigenvalue weighted by Gasteiger charge is -2.08. The van der Waals surface area contributed by atoms with Crippen molar-refractivity contribution in [3.05, 3.63) is 48.2 Å². The molecule has 0 heterocycles. The van der Waals surface area contributed by atoms with Gasteiger partial charge in [0.05, 0.1) is 0 Å². The molecule has 0 saturated heterocycles. The van der Waals surface area contributed by atoms with Crippen LogP contribution in [0.3, 0.4) is 0 Å². The first-order valence-corrected chi connectivity index (χ1v) is 6.94. The molecule has 0 radical (unpaired) electrons. The minimum absolute atomic E-state index is 0.158. The van der Waals surface area contributed by atoms with Gasteiger partial charge in [0.1, 0.15) is 18.9 Å². The summed E-state index contributed by atoms with van der Waals surface area (Å²) in [6, 6.07) is 9.29. The van der Waals surface area contributed by atoms with Crippen molar-refractivity contribution >= 4 is 12.1 Å². The highest BCUT2D eigenvalue weighted by atomic mass is 16.6. The van der Waals surface area contributed by atoms with Gasteiger partial charge in [0, 0.05) is 6.42 Å². The summed E-state index contributed by atoms with van der Waals surface area (Å²) in [7, 11) is 0. The Kier molecular flexibility index (Phi) is 7.64. The molecule has 21 heavy (non-hydrogen) atoms. The zero-order valence-electron chi connectivity index (χ0n) is 12.3. The molecule has 0 fully saturated rings. The van der Waals surface area contributed by atoms with E-state index in [-0.39, 0.29) is 13.2 Å². The first-order valence-electron chi connectivity index (χ1n) is 6.94. The standard InChI is InChI=1S/C16H21NO4/c1-3-4-8-13(2)21-15(18)11-17-16(19)20-12-14-9-6-5-7-10-14/h5-7,9-10H,2-4,8,11-12H2,1H3,(H,17,19). The predicted molar refractivity (Wildman–Crippen MR) is 79.4 cm³/mol. The van der Waals surface area contributed by atoms with Gasteiger partial charge in [0.2, 0.25) is 0 Å². The summed E-state index contributed by atoms with van der Waals surface area (Å²) in [4.78, 5) is 22.9. The molecule has 0 bridgehead atoms. The molecule has 1 aromatic rings. The van der Waals surface area contributed by atoms with E-state index >= 15 is 0 Å². The van der Waals surface area contributed by atoms with Gasteiger partial charge >= 0.3 is 12.1 Å². The number of benzene rings is 1. The third kappa shape index (κ3) is 7.77. The van der Waals surface area contributed by atoms with E-state index in [1.807, 2.05) is 37.3 Å². The molecule has 0 atom stereocenters. The second-order valence-electron chi connectivity index (χ2n) is 4.53. The van der Waals surface area contributed by atoms with Gasteiger partial charge in [0.25, 0.3) is 0 Å². The molecule has 1 rings (SSSR count). The van der Waals surface area contributed by atoms with Crippen LogP contribution in [0.15, 0.2) is 42.7 Å². The van der Waals surface area contributed by atoms with Crippen molar-refractivity contribution in [2.24, 2.45) is 0 Å². The molecule has 0 aliphatic carbocycles. The molecule has 0 aliphatic heterocycles. The number of ether oxygens (including phenoxy) is 2. The van der Waals surface area contributed by atoms with Gasteiger partial charge in [-0.3, -0.25) is 0 Å². The van der Waals surface area contributed by atoms with Crippen LogP contribution in [0.1, 0.15) is 31.7 Å². The lowest BCUT2D eigenvalue weighted by atomic mass is 10.2. The topological polar surface area (TPSA) is 64.6 Å². The van der Waals surface area contributed by atoms with Crippen LogP contribution < -0.4 is 5.32 Å². The number of hydrogen-bond acceptors (Lipinski definition) is 4. The Morgan fingerprint density at radius 3 is 2.62 bits per heavy atom. The summed E-state index contributed by atoms with van der Waals surface area (Å²) >= 11 is 0. The summed E-state index contributed by atoms with van der Waals surface area (Å²) in [5.41, 5.74) is 0.878. The van der Waals surface area contributed by atoms with Gasteiger partial charge in [0.15, 0.2) is 0 Å². The molecule has 0 spiro atoms. The zero-order valence-corrected chi connectivity index (χ0v) is 12.3. The van der Waals surface area contributed by atoms with Crippen LogP contribution in [0.4, 0.5) is 4.79 Å². The number of nitrogens with one attached hydrogen (secondary N) is 1. The first-order chi connectivity index (χ1) is 10.1. The van der Waals surface area contributed by atoms with Crippen LogP contribution >= 0.6 is 0 Å². The molecule has 1 amide bonds. The maximum absolute atomic E-state index is 11.4. The van der Waals surface area contributed by atoms with Crippen molar-refractivity contribution in [2.75, 3.05) is 6.54 Å². The number of carbonyl (C=O) groups is 2. The third-order valence-corrected chi connectivity index (χ3v) is 2.66. The fraction of sp³-hybridized carbons (Fsp3) is 0.375. The van der Waals surface area contributed by atoms with Gasteiger partial charge in [-0.05, 0) is 12.0 Å². The van der Waals surface area contributed by atoms with Crippen LogP contribution in [0.2, 0.25) is 0 Å². The van der Waals surface area contributed by atoms with Gasteiger partial charge in [-0.2, -0.15) is 0 Å². The highest BCUT2D eigenvalue weighted by Crippen LogP contribution is 2.06. The maximum atomic E-state index is 11.4. The lowest BCUT2D eigenvalue weighted by molar-refractivity contribution is -0.138. The van der Waals surface area contributed by atoms with Crippen molar-refractivity contribution in [1.29, 1.82) is 0 Å². The highest BCUT2D eigenvalue weighted by molar-refractivity contribution is 5.78. The summed E-state index contributed by atoms with van der Waals surface area (Å²) in [6.07, 6.45) is 1.90. The Hall–Kier alpha value is -2.30. The number of allylic oxidation sites excluding steroid dienone is 1. The zero-order chi connectivity index (χ0) is 15.5. The van der Waals surface area contributed by atoms with Gasteiger partial charge in [-0.1, -0.05) is 50.3 Å². The van der Waals surface area contributed by atoms with Crippen molar-refractivity contribution in [3.63, 3.8) is 0 Å². The molecule has 5 nitrogen and oxygen atoms in total. The average molecular weight is 291 g/mol. The number of esters is 1. The van der Waals surface area contributed by atoms with Gasteiger partial charge in [-0.15, -0.1) is 0 Å². The van der Waals surface area contributed by atoms with E-state index < -0.39 is 12.1 Å². The molecule has 1 N–H and O–H groups in total.